The fourth-order valence-electron chi connectivity index (χ4n) is 3.31. The first-order valence-corrected chi connectivity index (χ1v) is 7.90. The van der Waals surface area contributed by atoms with E-state index in [1.54, 1.807) is 0 Å². The second-order valence-corrected chi connectivity index (χ2v) is 6.20. The van der Waals surface area contributed by atoms with Gasteiger partial charge in [0.15, 0.2) is 0 Å². The van der Waals surface area contributed by atoms with Crippen molar-refractivity contribution in [2.75, 3.05) is 5.73 Å². The minimum absolute atomic E-state index is 0.137. The largest absolute Gasteiger partial charge is 0.446 e. The highest BCUT2D eigenvalue weighted by Gasteiger charge is 2.29. The van der Waals surface area contributed by atoms with Gasteiger partial charge in [0.1, 0.15) is 23.9 Å². The van der Waals surface area contributed by atoms with Gasteiger partial charge in [-0.2, -0.15) is 0 Å². The van der Waals surface area contributed by atoms with Crippen LogP contribution in [0.4, 0.5) is 10.6 Å². The number of nitrogens with two attached hydrogens (primary N) is 2. The number of nitrogen functional groups attached to an aromatic ring is 1. The average molecular weight is 313 g/mol. The standard InChI is InChI=1S/C16H19N5O2/c17-14-13-12(9-1-5-11(6-2-9)23-16(18)22)7-21(10-3-4-10)15(13)20-8-19-14/h1,7-8,10-11H,2-6H2,(H2,18,22)(H2,17,19,20). The number of hydrogen-bond acceptors (Lipinski definition) is 5. The van der Waals surface area contributed by atoms with Crippen molar-refractivity contribution >= 4 is 28.5 Å². The molecular weight excluding hydrogens is 294 g/mol. The molecule has 2 aromatic rings. The molecule has 0 aliphatic heterocycles. The van der Waals surface area contributed by atoms with Gasteiger partial charge in [-0.15, -0.1) is 0 Å². The smallest absolute Gasteiger partial charge is 0.404 e. The number of primary amides is 1. The number of aromatic nitrogens is 3. The molecule has 1 amide bonds. The Morgan fingerprint density at radius 2 is 2.13 bits per heavy atom. The van der Waals surface area contributed by atoms with Crippen LogP contribution in [0.5, 0.6) is 0 Å². The zero-order valence-electron chi connectivity index (χ0n) is 12.7. The number of carbonyl (C=O) groups is 1. The Bertz CT molecular complexity index is 806. The molecule has 120 valence electrons. The summed E-state index contributed by atoms with van der Waals surface area (Å²) in [5, 5.41) is 0.930. The molecule has 23 heavy (non-hydrogen) atoms. The molecule has 1 unspecified atom stereocenters. The number of hydrogen-bond donors (Lipinski definition) is 2. The van der Waals surface area contributed by atoms with Gasteiger partial charge in [-0.3, -0.25) is 0 Å². The molecule has 0 spiro atoms. The van der Waals surface area contributed by atoms with Crippen LogP contribution in [-0.2, 0) is 4.74 Å². The lowest BCUT2D eigenvalue weighted by atomic mass is 9.92. The van der Waals surface area contributed by atoms with Gasteiger partial charge in [-0.05, 0) is 31.3 Å². The summed E-state index contributed by atoms with van der Waals surface area (Å²) in [6.07, 6.45) is 9.53. The van der Waals surface area contributed by atoms with E-state index in [1.165, 1.54) is 24.7 Å². The van der Waals surface area contributed by atoms with Crippen LogP contribution in [0, 0.1) is 0 Å². The second kappa shape index (κ2) is 5.26. The van der Waals surface area contributed by atoms with Crippen LogP contribution >= 0.6 is 0 Å². The highest BCUT2D eigenvalue weighted by Crippen LogP contribution is 2.42. The molecule has 4 N–H and O–H groups in total. The monoisotopic (exact) mass is 313 g/mol. The zero-order valence-corrected chi connectivity index (χ0v) is 12.7. The maximum Gasteiger partial charge on any atom is 0.404 e. The van der Waals surface area contributed by atoms with Gasteiger partial charge in [-0.1, -0.05) is 6.08 Å². The lowest BCUT2D eigenvalue weighted by Crippen LogP contribution is -2.23. The number of allylic oxidation sites excluding steroid dienone is 1. The molecule has 2 aromatic heterocycles. The van der Waals surface area contributed by atoms with E-state index >= 15 is 0 Å². The zero-order chi connectivity index (χ0) is 16.0. The predicted molar refractivity (Wildman–Crippen MR) is 86.5 cm³/mol. The van der Waals surface area contributed by atoms with E-state index in [4.69, 9.17) is 16.2 Å². The molecule has 1 saturated carbocycles. The molecule has 0 radical (unpaired) electrons. The van der Waals surface area contributed by atoms with E-state index in [0.29, 0.717) is 18.3 Å². The van der Waals surface area contributed by atoms with E-state index in [2.05, 4.69) is 26.8 Å². The molecule has 4 rings (SSSR count). The molecular formula is C16H19N5O2. The van der Waals surface area contributed by atoms with Crippen molar-refractivity contribution in [3.63, 3.8) is 0 Å². The average Bonchev–Trinajstić information content (AvgIpc) is 3.29. The Morgan fingerprint density at radius 3 is 2.78 bits per heavy atom. The summed E-state index contributed by atoms with van der Waals surface area (Å²) in [4.78, 5) is 19.4. The van der Waals surface area contributed by atoms with Crippen LogP contribution in [0.3, 0.4) is 0 Å². The van der Waals surface area contributed by atoms with Crippen molar-refractivity contribution in [1.29, 1.82) is 0 Å². The Balaban J connectivity index is 1.72. The van der Waals surface area contributed by atoms with Gasteiger partial charge in [0.2, 0.25) is 0 Å². The lowest BCUT2D eigenvalue weighted by molar-refractivity contribution is 0.102. The normalized spacial score (nSPS) is 21.2. The van der Waals surface area contributed by atoms with Crippen molar-refractivity contribution in [2.45, 2.75) is 44.2 Å². The Morgan fingerprint density at radius 1 is 1.30 bits per heavy atom. The summed E-state index contributed by atoms with van der Waals surface area (Å²) in [6.45, 7) is 0. The third-order valence-electron chi connectivity index (χ3n) is 4.57. The molecule has 0 saturated heterocycles. The van der Waals surface area contributed by atoms with Crippen LogP contribution < -0.4 is 11.5 Å². The van der Waals surface area contributed by atoms with Gasteiger partial charge in [-0.25, -0.2) is 14.8 Å². The van der Waals surface area contributed by atoms with Gasteiger partial charge >= 0.3 is 6.09 Å². The first-order chi connectivity index (χ1) is 11.1. The van der Waals surface area contributed by atoms with E-state index in [0.717, 1.165) is 29.4 Å². The molecule has 1 fully saturated rings. The van der Waals surface area contributed by atoms with Gasteiger partial charge < -0.3 is 20.8 Å². The molecule has 7 nitrogen and oxygen atoms in total. The molecule has 2 heterocycles. The fourth-order valence-corrected chi connectivity index (χ4v) is 3.31. The van der Waals surface area contributed by atoms with E-state index < -0.39 is 6.09 Å². The van der Waals surface area contributed by atoms with Gasteiger partial charge in [0.05, 0.1) is 5.39 Å². The fraction of sp³-hybridized carbons (Fsp3) is 0.438. The van der Waals surface area contributed by atoms with Crippen molar-refractivity contribution in [3.05, 3.63) is 24.2 Å². The summed E-state index contributed by atoms with van der Waals surface area (Å²) in [7, 11) is 0. The number of amides is 1. The van der Waals surface area contributed by atoms with Gasteiger partial charge in [0, 0.05) is 24.2 Å². The Kier molecular flexibility index (Phi) is 3.21. The number of ether oxygens (including phenoxy) is 1. The maximum atomic E-state index is 10.9. The minimum Gasteiger partial charge on any atom is -0.446 e. The van der Waals surface area contributed by atoms with Crippen molar-refractivity contribution < 1.29 is 9.53 Å². The predicted octanol–water partition coefficient (Wildman–Crippen LogP) is 2.38. The number of anilines is 1. The molecule has 2 aliphatic rings. The molecule has 0 bridgehead atoms. The quantitative estimate of drug-likeness (QED) is 0.904. The van der Waals surface area contributed by atoms with E-state index in [1.807, 2.05) is 0 Å². The van der Waals surface area contributed by atoms with E-state index in [-0.39, 0.29) is 6.10 Å². The summed E-state index contributed by atoms with van der Waals surface area (Å²) in [6, 6.07) is 0.524. The number of fused-ring (bicyclic) bond motifs is 1. The number of carbonyl (C=O) groups excluding carboxylic acids is 1. The van der Waals surface area contributed by atoms with Crippen molar-refractivity contribution in [2.24, 2.45) is 5.73 Å². The summed E-state index contributed by atoms with van der Waals surface area (Å²) >= 11 is 0. The third-order valence-corrected chi connectivity index (χ3v) is 4.57. The highest BCUT2D eigenvalue weighted by molar-refractivity contribution is 5.97. The first-order valence-electron chi connectivity index (χ1n) is 7.90. The third kappa shape index (κ3) is 2.52. The van der Waals surface area contributed by atoms with Crippen LogP contribution in [0.25, 0.3) is 16.6 Å². The van der Waals surface area contributed by atoms with Crippen molar-refractivity contribution in [1.82, 2.24) is 14.5 Å². The van der Waals surface area contributed by atoms with E-state index in [9.17, 15) is 4.79 Å². The summed E-state index contributed by atoms with van der Waals surface area (Å²) in [5.74, 6) is 0.515. The summed E-state index contributed by atoms with van der Waals surface area (Å²) in [5.41, 5.74) is 14.4. The molecule has 7 heteroatoms. The maximum absolute atomic E-state index is 10.9. The Labute approximate surface area is 133 Å². The number of nitrogens with zero attached hydrogens (tertiary/aromatic N) is 3. The highest BCUT2D eigenvalue weighted by atomic mass is 16.6. The first kappa shape index (κ1) is 14.0. The van der Waals surface area contributed by atoms with Crippen LogP contribution in [0.1, 0.15) is 43.7 Å². The molecule has 2 aliphatic carbocycles. The van der Waals surface area contributed by atoms with Crippen LogP contribution in [0.15, 0.2) is 18.6 Å². The minimum atomic E-state index is -0.713. The topological polar surface area (TPSA) is 109 Å². The van der Waals surface area contributed by atoms with Gasteiger partial charge in [0.25, 0.3) is 0 Å². The second-order valence-electron chi connectivity index (χ2n) is 6.20. The SMILES string of the molecule is NC(=O)OC1CC=C(c2cn(C3CC3)c3ncnc(N)c23)CC1. The summed E-state index contributed by atoms with van der Waals surface area (Å²) < 4.78 is 7.30. The molecule has 0 aromatic carbocycles. The molecule has 1 atom stereocenters. The Hall–Kier alpha value is -2.57. The van der Waals surface area contributed by atoms with Crippen LogP contribution in [0.2, 0.25) is 0 Å². The van der Waals surface area contributed by atoms with Crippen LogP contribution in [-0.4, -0.2) is 26.7 Å². The number of rotatable bonds is 3. The lowest BCUT2D eigenvalue weighted by Gasteiger charge is -2.21. The van der Waals surface area contributed by atoms with Crippen molar-refractivity contribution in [3.8, 4) is 0 Å².